The van der Waals surface area contributed by atoms with Gasteiger partial charge in [0.1, 0.15) is 17.6 Å². The lowest BCUT2D eigenvalue weighted by Crippen LogP contribution is -2.60. The molecule has 7 heteroatoms. The quantitative estimate of drug-likeness (QED) is 0.814. The lowest BCUT2D eigenvalue weighted by Gasteiger charge is -2.43. The lowest BCUT2D eigenvalue weighted by molar-refractivity contribution is -0.164. The molecule has 27 heavy (non-hydrogen) atoms. The fourth-order valence-corrected chi connectivity index (χ4v) is 3.31. The van der Waals surface area contributed by atoms with Crippen LogP contribution in [-0.2, 0) is 9.53 Å². The maximum atomic E-state index is 12.8. The number of hydrogen-bond donors (Lipinski definition) is 1. The zero-order chi connectivity index (χ0) is 19.6. The Balaban J connectivity index is 1.78. The third kappa shape index (κ3) is 3.83. The van der Waals surface area contributed by atoms with Crippen molar-refractivity contribution < 1.29 is 19.4 Å². The highest BCUT2D eigenvalue weighted by Gasteiger charge is 2.44. The molecule has 0 unspecified atom stereocenters. The van der Waals surface area contributed by atoms with Crippen LogP contribution >= 0.6 is 11.6 Å². The number of nitrogens with zero attached hydrogens (tertiary/aromatic N) is 2. The molecule has 1 saturated heterocycles. The van der Waals surface area contributed by atoms with Gasteiger partial charge in [0.05, 0.1) is 6.04 Å². The van der Waals surface area contributed by atoms with Gasteiger partial charge < -0.3 is 9.84 Å². The Morgan fingerprint density at radius 1 is 1.11 bits per heavy atom. The molecule has 1 N–H and O–H groups in total. The topological polar surface area (TPSA) is 70.1 Å². The van der Waals surface area contributed by atoms with Crippen molar-refractivity contribution in [3.05, 3.63) is 71.8 Å². The highest BCUT2D eigenvalue weighted by molar-refractivity contribution is 6.32. The van der Waals surface area contributed by atoms with Crippen molar-refractivity contribution in [1.82, 2.24) is 10.0 Å². The molecule has 0 bridgehead atoms. The zero-order valence-corrected chi connectivity index (χ0v) is 15.8. The van der Waals surface area contributed by atoms with E-state index in [9.17, 15) is 14.7 Å². The second-order valence-electron chi connectivity index (χ2n) is 6.44. The minimum Gasteiger partial charge on any atom is -0.438 e. The van der Waals surface area contributed by atoms with Gasteiger partial charge in [0.25, 0.3) is 5.91 Å². The van der Waals surface area contributed by atoms with Crippen molar-refractivity contribution in [3.63, 3.8) is 0 Å². The minimum atomic E-state index is -1.33. The fraction of sp³-hybridized carbons (Fsp3) is 0.300. The number of likely N-dealkylation sites (N-methyl/N-ethyl adjacent to an activating group) is 1. The van der Waals surface area contributed by atoms with Crippen molar-refractivity contribution in [2.24, 2.45) is 0 Å². The van der Waals surface area contributed by atoms with Crippen LogP contribution in [0.15, 0.2) is 60.7 Å². The number of hydrazine groups is 1. The number of amides is 2. The number of aliphatic hydroxyl groups is 1. The van der Waals surface area contributed by atoms with Crippen LogP contribution in [0.2, 0.25) is 0 Å². The monoisotopic (exact) mass is 388 g/mol. The first-order chi connectivity index (χ1) is 12.9. The Kier molecular flexibility index (Phi) is 5.79. The Hall–Kier alpha value is -2.41. The van der Waals surface area contributed by atoms with Crippen molar-refractivity contribution in [1.29, 1.82) is 0 Å². The number of carbonyl (C=O) groups is 2. The first-order valence-corrected chi connectivity index (χ1v) is 9.04. The predicted molar refractivity (Wildman–Crippen MR) is 101 cm³/mol. The summed E-state index contributed by atoms with van der Waals surface area (Å²) >= 11 is 6.21. The molecule has 1 heterocycles. The van der Waals surface area contributed by atoms with Gasteiger partial charge in [0.2, 0.25) is 0 Å². The van der Waals surface area contributed by atoms with Crippen molar-refractivity contribution in [3.8, 4) is 0 Å². The second kappa shape index (κ2) is 8.08. The summed E-state index contributed by atoms with van der Waals surface area (Å²) in [7, 11) is 1.62. The lowest BCUT2D eigenvalue weighted by atomic mass is 10.0. The highest BCUT2D eigenvalue weighted by Crippen LogP contribution is 2.32. The summed E-state index contributed by atoms with van der Waals surface area (Å²) in [5.74, 6) is -0.737. The van der Waals surface area contributed by atoms with Gasteiger partial charge in [-0.25, -0.2) is 9.80 Å². The molecule has 0 radical (unpaired) electrons. The largest absolute Gasteiger partial charge is 0.438 e. The Bertz CT molecular complexity index is 802. The molecular weight excluding hydrogens is 368 g/mol. The fourth-order valence-electron chi connectivity index (χ4n) is 3.07. The standard InChI is InChI=1S/C20H21ClN2O4/c1-13-18(15-11-7-4-8-12-15)27-20(26)23(22(13)2)19(25)16(21)17(24)14-9-5-3-6-10-14/h3-13,16-18,24H,1-2H3/t13-,16-,17+,18-/m0/s1. The summed E-state index contributed by atoms with van der Waals surface area (Å²) in [6, 6.07) is 17.6. The molecule has 1 aliphatic rings. The summed E-state index contributed by atoms with van der Waals surface area (Å²) in [6.45, 7) is 1.85. The van der Waals surface area contributed by atoms with Crippen LogP contribution in [0.4, 0.5) is 4.79 Å². The summed E-state index contributed by atoms with van der Waals surface area (Å²) in [5.41, 5.74) is 1.33. The van der Waals surface area contributed by atoms with Gasteiger partial charge in [-0.1, -0.05) is 60.7 Å². The molecule has 2 amide bonds. The number of imide groups is 1. The van der Waals surface area contributed by atoms with E-state index >= 15 is 0 Å². The number of ether oxygens (including phenoxy) is 1. The maximum absolute atomic E-state index is 12.8. The van der Waals surface area contributed by atoms with E-state index in [0.717, 1.165) is 10.6 Å². The number of aliphatic hydroxyl groups excluding tert-OH is 1. The van der Waals surface area contributed by atoms with E-state index in [4.69, 9.17) is 16.3 Å². The van der Waals surface area contributed by atoms with Crippen LogP contribution in [0.3, 0.4) is 0 Å². The molecule has 2 aromatic carbocycles. The molecule has 0 saturated carbocycles. The third-order valence-corrected chi connectivity index (χ3v) is 5.16. The van der Waals surface area contributed by atoms with Gasteiger partial charge in [-0.3, -0.25) is 4.79 Å². The number of cyclic esters (lactones) is 1. The van der Waals surface area contributed by atoms with Crippen molar-refractivity contribution >= 4 is 23.6 Å². The first kappa shape index (κ1) is 19.4. The van der Waals surface area contributed by atoms with Crippen molar-refractivity contribution in [2.45, 2.75) is 30.6 Å². The van der Waals surface area contributed by atoms with Gasteiger partial charge in [-0.05, 0) is 18.1 Å². The first-order valence-electron chi connectivity index (χ1n) is 8.61. The average molecular weight is 389 g/mol. The average Bonchev–Trinajstić information content (AvgIpc) is 2.70. The number of rotatable bonds is 4. The minimum absolute atomic E-state index is 0.299. The smallest absolute Gasteiger partial charge is 0.432 e. The molecule has 1 fully saturated rings. The molecule has 1 aliphatic heterocycles. The van der Waals surface area contributed by atoms with Gasteiger partial charge in [-0.15, -0.1) is 11.6 Å². The third-order valence-electron chi connectivity index (χ3n) is 4.73. The van der Waals surface area contributed by atoms with Crippen LogP contribution in [0.25, 0.3) is 0 Å². The van der Waals surface area contributed by atoms with Crippen LogP contribution in [-0.4, -0.2) is 45.6 Å². The normalized spacial score (nSPS) is 22.8. The highest BCUT2D eigenvalue weighted by atomic mass is 35.5. The summed E-state index contributed by atoms with van der Waals surface area (Å²) in [4.78, 5) is 25.4. The van der Waals surface area contributed by atoms with Gasteiger partial charge in [0, 0.05) is 7.05 Å². The van der Waals surface area contributed by atoms with E-state index in [0.29, 0.717) is 5.56 Å². The molecule has 0 aromatic heterocycles. The molecule has 0 aliphatic carbocycles. The summed E-state index contributed by atoms with van der Waals surface area (Å²) in [6.07, 6.45) is -2.58. The van der Waals surface area contributed by atoms with Crippen LogP contribution in [0.1, 0.15) is 30.3 Å². The van der Waals surface area contributed by atoms with E-state index in [2.05, 4.69) is 0 Å². The molecule has 4 atom stereocenters. The zero-order valence-electron chi connectivity index (χ0n) is 15.0. The summed E-state index contributed by atoms with van der Waals surface area (Å²) < 4.78 is 5.51. The molecule has 0 spiro atoms. The number of carbonyl (C=O) groups excluding carboxylic acids is 2. The maximum Gasteiger partial charge on any atom is 0.432 e. The van der Waals surface area contributed by atoms with E-state index in [1.54, 1.807) is 37.4 Å². The number of halogens is 1. The number of hydrogen-bond acceptors (Lipinski definition) is 5. The van der Waals surface area contributed by atoms with Crippen molar-refractivity contribution in [2.75, 3.05) is 7.05 Å². The van der Waals surface area contributed by atoms with E-state index in [-0.39, 0.29) is 6.04 Å². The molecule has 6 nitrogen and oxygen atoms in total. The van der Waals surface area contributed by atoms with E-state index < -0.39 is 29.6 Å². The van der Waals surface area contributed by atoms with Gasteiger partial charge >= 0.3 is 6.09 Å². The Morgan fingerprint density at radius 3 is 2.26 bits per heavy atom. The van der Waals surface area contributed by atoms with Gasteiger partial charge in [-0.2, -0.15) is 5.01 Å². The number of benzene rings is 2. The van der Waals surface area contributed by atoms with Crippen LogP contribution in [0.5, 0.6) is 0 Å². The van der Waals surface area contributed by atoms with Gasteiger partial charge in [0.15, 0.2) is 0 Å². The summed E-state index contributed by atoms with van der Waals surface area (Å²) in [5, 5.41) is 11.4. The van der Waals surface area contributed by atoms with Crippen LogP contribution in [0, 0.1) is 0 Å². The van der Waals surface area contributed by atoms with Crippen LogP contribution < -0.4 is 0 Å². The number of alkyl halides is 1. The SMILES string of the molecule is C[C@H]1[C@@H](c2ccccc2)OC(=O)N(C(=O)[C@@H](Cl)[C@H](O)c2ccccc2)N1C. The second-order valence-corrected chi connectivity index (χ2v) is 6.91. The molecular formula is C20H21ClN2O4. The molecule has 142 valence electrons. The Morgan fingerprint density at radius 2 is 1.67 bits per heavy atom. The Labute approximate surface area is 162 Å². The van der Waals surface area contributed by atoms with E-state index in [1.807, 2.05) is 37.3 Å². The van der Waals surface area contributed by atoms with E-state index in [1.165, 1.54) is 5.01 Å². The predicted octanol–water partition coefficient (Wildman–Crippen LogP) is 3.28. The molecule has 3 rings (SSSR count). The molecule has 2 aromatic rings.